The van der Waals surface area contributed by atoms with Crippen molar-refractivity contribution in [1.29, 1.82) is 0 Å². The summed E-state index contributed by atoms with van der Waals surface area (Å²) in [6.45, 7) is 6.30. The molecule has 0 atom stereocenters. The lowest BCUT2D eigenvalue weighted by Gasteiger charge is -2.33. The minimum absolute atomic E-state index is 0.339. The summed E-state index contributed by atoms with van der Waals surface area (Å²) in [5.41, 5.74) is 5.17. The summed E-state index contributed by atoms with van der Waals surface area (Å²) in [6.07, 6.45) is 3.49. The van der Waals surface area contributed by atoms with Gasteiger partial charge in [0.2, 0.25) is 5.28 Å². The van der Waals surface area contributed by atoms with Crippen LogP contribution in [0.15, 0.2) is 54.6 Å². The molecule has 0 radical (unpaired) electrons. The number of aromatic nitrogens is 2. The molecule has 4 aromatic rings. The summed E-state index contributed by atoms with van der Waals surface area (Å²) in [6, 6.07) is 19.6. The molecule has 0 N–H and O–H groups in total. The van der Waals surface area contributed by atoms with Gasteiger partial charge in [-0.2, -0.15) is 4.98 Å². The van der Waals surface area contributed by atoms with E-state index in [1.165, 1.54) is 40.0 Å². The molecule has 31 heavy (non-hydrogen) atoms. The van der Waals surface area contributed by atoms with E-state index in [-0.39, 0.29) is 0 Å². The van der Waals surface area contributed by atoms with Gasteiger partial charge in [0.25, 0.3) is 0 Å². The molecular formula is C26H26ClN3S. The Morgan fingerprint density at radius 3 is 2.39 bits per heavy atom. The summed E-state index contributed by atoms with van der Waals surface area (Å²) >= 11 is 8.08. The van der Waals surface area contributed by atoms with Crippen LogP contribution in [0.4, 0.5) is 5.82 Å². The van der Waals surface area contributed by atoms with Crippen LogP contribution in [-0.4, -0.2) is 23.1 Å². The van der Waals surface area contributed by atoms with E-state index in [0.717, 1.165) is 35.5 Å². The van der Waals surface area contributed by atoms with Gasteiger partial charge in [0.15, 0.2) is 0 Å². The number of nitrogens with zero attached hydrogens (tertiary/aromatic N) is 3. The van der Waals surface area contributed by atoms with Gasteiger partial charge in [-0.25, -0.2) is 4.98 Å². The van der Waals surface area contributed by atoms with Gasteiger partial charge in [-0.1, -0.05) is 60.2 Å². The number of benzene rings is 2. The zero-order valence-electron chi connectivity index (χ0n) is 17.9. The predicted molar refractivity (Wildman–Crippen MR) is 132 cm³/mol. The highest BCUT2D eigenvalue weighted by Gasteiger charge is 2.25. The van der Waals surface area contributed by atoms with Crippen molar-refractivity contribution in [1.82, 2.24) is 9.97 Å². The maximum absolute atomic E-state index is 6.37. The van der Waals surface area contributed by atoms with Crippen molar-refractivity contribution >= 4 is 39.0 Å². The molecular weight excluding hydrogens is 422 g/mol. The van der Waals surface area contributed by atoms with E-state index in [9.17, 15) is 0 Å². The van der Waals surface area contributed by atoms with Crippen LogP contribution in [0.25, 0.3) is 21.3 Å². The molecule has 0 unspecified atom stereocenters. The Morgan fingerprint density at radius 2 is 1.68 bits per heavy atom. The van der Waals surface area contributed by atoms with E-state index in [1.807, 2.05) is 0 Å². The Balaban J connectivity index is 1.47. The number of aryl methyl sites for hydroxylation is 2. The maximum atomic E-state index is 6.37. The van der Waals surface area contributed by atoms with Gasteiger partial charge in [-0.15, -0.1) is 11.3 Å². The van der Waals surface area contributed by atoms with Crippen molar-refractivity contribution in [2.75, 3.05) is 18.0 Å². The molecule has 0 spiro atoms. The molecule has 5 heteroatoms. The highest BCUT2D eigenvalue weighted by atomic mass is 35.5. The van der Waals surface area contributed by atoms with Crippen molar-refractivity contribution < 1.29 is 0 Å². The number of rotatable bonds is 4. The van der Waals surface area contributed by atoms with Gasteiger partial charge in [0.1, 0.15) is 10.6 Å². The number of piperidine rings is 1. The number of halogens is 1. The van der Waals surface area contributed by atoms with Crippen LogP contribution < -0.4 is 4.90 Å². The zero-order chi connectivity index (χ0) is 21.4. The molecule has 3 heterocycles. The van der Waals surface area contributed by atoms with Gasteiger partial charge < -0.3 is 4.90 Å². The third-order valence-corrected chi connectivity index (χ3v) is 7.47. The highest BCUT2D eigenvalue weighted by Crippen LogP contribution is 2.43. The van der Waals surface area contributed by atoms with E-state index < -0.39 is 0 Å². The lowest BCUT2D eigenvalue weighted by Crippen LogP contribution is -2.35. The van der Waals surface area contributed by atoms with Crippen LogP contribution >= 0.6 is 22.9 Å². The van der Waals surface area contributed by atoms with Crippen LogP contribution in [0.1, 0.15) is 28.8 Å². The first-order chi connectivity index (χ1) is 15.1. The van der Waals surface area contributed by atoms with Gasteiger partial charge in [0.05, 0.1) is 5.39 Å². The second-order valence-electron chi connectivity index (χ2n) is 8.52. The summed E-state index contributed by atoms with van der Waals surface area (Å²) in [4.78, 5) is 14.0. The molecule has 0 saturated carbocycles. The standard InChI is InChI=1S/C26H26ClN3S/c1-17-8-10-21(11-9-17)22-18(2)31-25-23(22)24(28-26(27)29-25)30-14-12-20(13-15-30)16-19-6-4-3-5-7-19/h3-11,20H,12-16H2,1-2H3. The summed E-state index contributed by atoms with van der Waals surface area (Å²) in [7, 11) is 0. The van der Waals surface area contributed by atoms with Gasteiger partial charge in [-0.05, 0) is 61.8 Å². The fourth-order valence-corrected chi connectivity index (χ4v) is 5.92. The van der Waals surface area contributed by atoms with Crippen molar-refractivity contribution in [3.8, 4) is 11.1 Å². The minimum atomic E-state index is 0.339. The number of hydrogen-bond acceptors (Lipinski definition) is 4. The quantitative estimate of drug-likeness (QED) is 0.313. The number of thiophene rings is 1. The lowest BCUT2D eigenvalue weighted by molar-refractivity contribution is 0.403. The van der Waals surface area contributed by atoms with Gasteiger partial charge >= 0.3 is 0 Å². The Hall–Kier alpha value is -2.43. The van der Waals surface area contributed by atoms with E-state index in [2.05, 4.69) is 78.3 Å². The van der Waals surface area contributed by atoms with Crippen LogP contribution in [0.3, 0.4) is 0 Å². The third-order valence-electron chi connectivity index (χ3n) is 6.30. The number of fused-ring (bicyclic) bond motifs is 1. The molecule has 158 valence electrons. The molecule has 2 aromatic heterocycles. The lowest BCUT2D eigenvalue weighted by atomic mass is 9.90. The van der Waals surface area contributed by atoms with Crippen molar-refractivity contribution in [2.24, 2.45) is 5.92 Å². The Morgan fingerprint density at radius 1 is 0.968 bits per heavy atom. The maximum Gasteiger partial charge on any atom is 0.225 e. The van der Waals surface area contributed by atoms with Crippen molar-refractivity contribution in [3.05, 3.63) is 75.9 Å². The monoisotopic (exact) mass is 447 g/mol. The van der Waals surface area contributed by atoms with E-state index >= 15 is 0 Å². The summed E-state index contributed by atoms with van der Waals surface area (Å²) < 4.78 is 0. The van der Waals surface area contributed by atoms with Crippen molar-refractivity contribution in [2.45, 2.75) is 33.1 Å². The molecule has 2 aromatic carbocycles. The first-order valence-electron chi connectivity index (χ1n) is 10.9. The molecule has 1 aliphatic rings. The topological polar surface area (TPSA) is 29.0 Å². The molecule has 1 saturated heterocycles. The average molecular weight is 448 g/mol. The summed E-state index contributed by atoms with van der Waals surface area (Å²) in [5.74, 6) is 1.71. The Kier molecular flexibility index (Phi) is 5.68. The van der Waals surface area contributed by atoms with Gasteiger partial charge in [0, 0.05) is 23.5 Å². The van der Waals surface area contributed by atoms with Crippen LogP contribution in [-0.2, 0) is 6.42 Å². The first kappa shape index (κ1) is 20.5. The fraction of sp³-hybridized carbons (Fsp3) is 0.308. The largest absolute Gasteiger partial charge is 0.356 e. The average Bonchev–Trinajstić information content (AvgIpc) is 3.10. The van der Waals surface area contributed by atoms with Crippen LogP contribution in [0.2, 0.25) is 5.28 Å². The SMILES string of the molecule is Cc1ccc(-c2c(C)sc3nc(Cl)nc(N4CCC(Cc5ccccc5)CC4)c23)cc1. The van der Waals surface area contributed by atoms with E-state index in [4.69, 9.17) is 16.6 Å². The number of anilines is 1. The van der Waals surface area contributed by atoms with Gasteiger partial charge in [-0.3, -0.25) is 0 Å². The molecule has 1 aliphatic heterocycles. The Labute approximate surface area is 192 Å². The molecule has 0 bridgehead atoms. The molecule has 5 rings (SSSR count). The second-order valence-corrected chi connectivity index (χ2v) is 10.1. The van der Waals surface area contributed by atoms with E-state index in [0.29, 0.717) is 11.2 Å². The zero-order valence-corrected chi connectivity index (χ0v) is 19.5. The van der Waals surface area contributed by atoms with E-state index in [1.54, 1.807) is 11.3 Å². The Bertz CT molecular complexity index is 1190. The van der Waals surface area contributed by atoms with Crippen molar-refractivity contribution in [3.63, 3.8) is 0 Å². The molecule has 1 fully saturated rings. The highest BCUT2D eigenvalue weighted by molar-refractivity contribution is 7.19. The predicted octanol–water partition coefficient (Wildman–Crippen LogP) is 7.09. The third kappa shape index (κ3) is 4.19. The molecule has 3 nitrogen and oxygen atoms in total. The molecule has 0 aliphatic carbocycles. The fourth-order valence-electron chi connectivity index (χ4n) is 4.66. The minimum Gasteiger partial charge on any atom is -0.356 e. The summed E-state index contributed by atoms with van der Waals surface area (Å²) in [5, 5.41) is 1.49. The van der Waals surface area contributed by atoms with Crippen LogP contribution in [0.5, 0.6) is 0 Å². The normalized spacial score (nSPS) is 15.0. The molecule has 0 amide bonds. The second kappa shape index (κ2) is 8.60. The number of hydrogen-bond donors (Lipinski definition) is 0. The first-order valence-corrected chi connectivity index (χ1v) is 12.1. The van der Waals surface area contributed by atoms with Crippen LogP contribution in [0, 0.1) is 19.8 Å². The smallest absolute Gasteiger partial charge is 0.225 e.